The van der Waals surface area contributed by atoms with Gasteiger partial charge in [-0.25, -0.2) is 0 Å². The normalized spacial score (nSPS) is 19.3. The van der Waals surface area contributed by atoms with Crippen LogP contribution in [0.2, 0.25) is 0 Å². The summed E-state index contributed by atoms with van der Waals surface area (Å²) >= 11 is 0. The Labute approximate surface area is 123 Å². The number of hydrogen-bond donors (Lipinski definition) is 1. The van der Waals surface area contributed by atoms with E-state index in [9.17, 15) is 0 Å². The maximum atomic E-state index is 4.79. The highest BCUT2D eigenvalue weighted by Gasteiger charge is 2.27. The van der Waals surface area contributed by atoms with Gasteiger partial charge in [-0.1, -0.05) is 24.3 Å². The molecule has 0 radical (unpaired) electrons. The molecule has 0 aliphatic carbocycles. The molecule has 1 fully saturated rings. The molecule has 4 heteroatoms. The van der Waals surface area contributed by atoms with Gasteiger partial charge in [0.2, 0.25) is 0 Å². The molecule has 2 aromatic heterocycles. The standard InChI is InChI=1S/C17H18N4/c1-2-5-15-13(4-1)7-8-14(19-15)12-21-11-3-6-17(21)16-9-10-18-20-16/h1-2,4-5,7-10,17H,3,6,11-12H2,(H,18,20)/t17-/m1/s1. The highest BCUT2D eigenvalue weighted by Crippen LogP contribution is 2.31. The minimum absolute atomic E-state index is 0.445. The van der Waals surface area contributed by atoms with Gasteiger partial charge < -0.3 is 0 Å². The van der Waals surface area contributed by atoms with Crippen LogP contribution in [0.25, 0.3) is 10.9 Å². The molecule has 1 aliphatic heterocycles. The number of fused-ring (bicyclic) bond motifs is 1. The molecule has 1 atom stereocenters. The van der Waals surface area contributed by atoms with E-state index in [4.69, 9.17) is 4.98 Å². The first-order chi connectivity index (χ1) is 10.4. The molecule has 3 aromatic rings. The number of hydrogen-bond acceptors (Lipinski definition) is 3. The van der Waals surface area contributed by atoms with Crippen LogP contribution in [0.15, 0.2) is 48.7 Å². The highest BCUT2D eigenvalue weighted by molar-refractivity contribution is 5.78. The summed E-state index contributed by atoms with van der Waals surface area (Å²) in [5.41, 5.74) is 3.43. The zero-order chi connectivity index (χ0) is 14.1. The van der Waals surface area contributed by atoms with E-state index in [1.165, 1.54) is 23.9 Å². The molecule has 1 aliphatic rings. The zero-order valence-electron chi connectivity index (χ0n) is 11.9. The topological polar surface area (TPSA) is 44.8 Å². The lowest BCUT2D eigenvalue weighted by atomic mass is 10.1. The largest absolute Gasteiger partial charge is 0.289 e. The molecule has 0 saturated carbocycles. The van der Waals surface area contributed by atoms with E-state index in [1.54, 1.807) is 0 Å². The van der Waals surface area contributed by atoms with E-state index in [-0.39, 0.29) is 0 Å². The molecular weight excluding hydrogens is 260 g/mol. The Balaban J connectivity index is 1.59. The number of benzene rings is 1. The number of aromatic amines is 1. The fourth-order valence-corrected chi connectivity index (χ4v) is 3.22. The molecule has 1 saturated heterocycles. The summed E-state index contributed by atoms with van der Waals surface area (Å²) in [5, 5.41) is 8.40. The van der Waals surface area contributed by atoms with Crippen molar-refractivity contribution in [2.24, 2.45) is 0 Å². The van der Waals surface area contributed by atoms with Gasteiger partial charge in [-0.3, -0.25) is 15.0 Å². The minimum Gasteiger partial charge on any atom is -0.289 e. The lowest BCUT2D eigenvalue weighted by Crippen LogP contribution is -2.23. The van der Waals surface area contributed by atoms with Crippen molar-refractivity contribution in [2.75, 3.05) is 6.54 Å². The number of rotatable bonds is 3. The molecule has 1 aromatic carbocycles. The van der Waals surface area contributed by atoms with Crippen LogP contribution in [0.3, 0.4) is 0 Å². The molecule has 4 rings (SSSR count). The molecule has 0 spiro atoms. The van der Waals surface area contributed by atoms with E-state index < -0.39 is 0 Å². The van der Waals surface area contributed by atoms with Crippen LogP contribution in [0.1, 0.15) is 30.3 Å². The van der Waals surface area contributed by atoms with Crippen molar-refractivity contribution in [3.8, 4) is 0 Å². The Bertz CT molecular complexity index is 735. The van der Waals surface area contributed by atoms with Gasteiger partial charge in [0, 0.05) is 18.1 Å². The summed E-state index contributed by atoms with van der Waals surface area (Å²) in [4.78, 5) is 7.28. The van der Waals surface area contributed by atoms with Gasteiger partial charge in [-0.2, -0.15) is 5.10 Å². The Kier molecular flexibility index (Phi) is 3.16. The number of likely N-dealkylation sites (tertiary alicyclic amines) is 1. The van der Waals surface area contributed by atoms with Crippen LogP contribution in [-0.4, -0.2) is 26.6 Å². The fourth-order valence-electron chi connectivity index (χ4n) is 3.22. The predicted molar refractivity (Wildman–Crippen MR) is 82.7 cm³/mol. The second-order valence-electron chi connectivity index (χ2n) is 5.64. The SMILES string of the molecule is c1ccc2nc(CN3CCC[C@@H]3c3ccn[nH]3)ccc2c1. The van der Waals surface area contributed by atoms with Gasteiger partial charge in [-0.15, -0.1) is 0 Å². The quantitative estimate of drug-likeness (QED) is 0.799. The minimum atomic E-state index is 0.445. The second kappa shape index (κ2) is 5.30. The molecular formula is C17H18N4. The molecule has 3 heterocycles. The first-order valence-corrected chi connectivity index (χ1v) is 7.48. The molecule has 1 N–H and O–H groups in total. The van der Waals surface area contributed by atoms with E-state index in [0.717, 1.165) is 24.3 Å². The average Bonchev–Trinajstić information content (AvgIpc) is 3.18. The Morgan fingerprint density at radius 1 is 1.14 bits per heavy atom. The van der Waals surface area contributed by atoms with Crippen LogP contribution in [0.4, 0.5) is 0 Å². The summed E-state index contributed by atoms with van der Waals surface area (Å²) in [6.07, 6.45) is 4.26. The lowest BCUT2D eigenvalue weighted by molar-refractivity contribution is 0.241. The predicted octanol–water partition coefficient (Wildman–Crippen LogP) is 3.30. The average molecular weight is 278 g/mol. The third-order valence-electron chi connectivity index (χ3n) is 4.27. The van der Waals surface area contributed by atoms with Gasteiger partial charge >= 0.3 is 0 Å². The first-order valence-electron chi connectivity index (χ1n) is 7.48. The van der Waals surface area contributed by atoms with Crippen LogP contribution in [0.5, 0.6) is 0 Å². The monoisotopic (exact) mass is 278 g/mol. The van der Waals surface area contributed by atoms with Gasteiger partial charge in [0.25, 0.3) is 0 Å². The Morgan fingerprint density at radius 3 is 3.00 bits per heavy atom. The molecule has 21 heavy (non-hydrogen) atoms. The smallest absolute Gasteiger partial charge is 0.0705 e. The molecule has 106 valence electrons. The Morgan fingerprint density at radius 2 is 2.10 bits per heavy atom. The lowest BCUT2D eigenvalue weighted by Gasteiger charge is -2.23. The number of H-pyrrole nitrogens is 1. The maximum Gasteiger partial charge on any atom is 0.0705 e. The summed E-state index contributed by atoms with van der Waals surface area (Å²) < 4.78 is 0. The van der Waals surface area contributed by atoms with Crippen molar-refractivity contribution in [1.29, 1.82) is 0 Å². The second-order valence-corrected chi connectivity index (χ2v) is 5.64. The van der Waals surface area contributed by atoms with Gasteiger partial charge in [0.05, 0.1) is 22.9 Å². The third-order valence-corrected chi connectivity index (χ3v) is 4.27. The maximum absolute atomic E-state index is 4.79. The zero-order valence-corrected chi connectivity index (χ0v) is 11.9. The van der Waals surface area contributed by atoms with E-state index in [2.05, 4.69) is 51.5 Å². The fraction of sp³-hybridized carbons (Fsp3) is 0.294. The Hall–Kier alpha value is -2.20. The number of aromatic nitrogens is 3. The molecule has 0 unspecified atom stereocenters. The third kappa shape index (κ3) is 2.43. The number of nitrogens with one attached hydrogen (secondary N) is 1. The van der Waals surface area contributed by atoms with Crippen molar-refractivity contribution >= 4 is 10.9 Å². The van der Waals surface area contributed by atoms with E-state index in [1.807, 2.05) is 12.3 Å². The summed E-state index contributed by atoms with van der Waals surface area (Å²) in [7, 11) is 0. The van der Waals surface area contributed by atoms with Gasteiger partial charge in [-0.05, 0) is 37.6 Å². The van der Waals surface area contributed by atoms with Crippen molar-refractivity contribution in [3.63, 3.8) is 0 Å². The van der Waals surface area contributed by atoms with Gasteiger partial charge in [0.1, 0.15) is 0 Å². The van der Waals surface area contributed by atoms with Crippen molar-refractivity contribution in [2.45, 2.75) is 25.4 Å². The van der Waals surface area contributed by atoms with Gasteiger partial charge in [0.15, 0.2) is 0 Å². The van der Waals surface area contributed by atoms with E-state index in [0.29, 0.717) is 6.04 Å². The van der Waals surface area contributed by atoms with Crippen molar-refractivity contribution < 1.29 is 0 Å². The summed E-state index contributed by atoms with van der Waals surface area (Å²) in [5.74, 6) is 0. The number of nitrogens with zero attached hydrogens (tertiary/aromatic N) is 3. The molecule has 0 amide bonds. The molecule has 4 nitrogen and oxygen atoms in total. The van der Waals surface area contributed by atoms with Crippen LogP contribution in [-0.2, 0) is 6.54 Å². The van der Waals surface area contributed by atoms with Crippen LogP contribution >= 0.6 is 0 Å². The summed E-state index contributed by atoms with van der Waals surface area (Å²) in [6.45, 7) is 2.02. The first kappa shape index (κ1) is 12.5. The van der Waals surface area contributed by atoms with E-state index >= 15 is 0 Å². The summed E-state index contributed by atoms with van der Waals surface area (Å²) in [6, 6.07) is 15.1. The highest BCUT2D eigenvalue weighted by atomic mass is 15.2. The molecule has 0 bridgehead atoms. The van der Waals surface area contributed by atoms with Crippen molar-refractivity contribution in [3.05, 3.63) is 60.0 Å². The van der Waals surface area contributed by atoms with Crippen molar-refractivity contribution in [1.82, 2.24) is 20.1 Å². The number of para-hydroxylation sites is 1. The number of pyridine rings is 1. The van der Waals surface area contributed by atoms with Crippen LogP contribution in [0, 0.1) is 0 Å². The van der Waals surface area contributed by atoms with Crippen LogP contribution < -0.4 is 0 Å².